The monoisotopic (exact) mass is 332 g/mol. The molecule has 0 aromatic heterocycles. The van der Waals surface area contributed by atoms with E-state index in [0.717, 1.165) is 5.56 Å². The van der Waals surface area contributed by atoms with Crippen molar-refractivity contribution in [2.75, 3.05) is 18.7 Å². The Kier molecular flexibility index (Phi) is 4.30. The number of esters is 1. The molecule has 0 fully saturated rings. The molecule has 0 N–H and O–H groups in total. The van der Waals surface area contributed by atoms with Gasteiger partial charge in [-0.15, -0.1) is 0 Å². The average molecular weight is 333 g/mol. The third kappa shape index (κ3) is 3.05. The third-order valence-electron chi connectivity index (χ3n) is 3.70. The number of halogens is 2. The molecule has 0 amide bonds. The number of methoxy groups -OCH3 is 1. The molecule has 4 nitrogen and oxygen atoms in total. The minimum absolute atomic E-state index is 0.234. The largest absolute Gasteiger partial charge is 0.464 e. The highest BCUT2D eigenvalue weighted by molar-refractivity contribution is 6.39. The van der Waals surface area contributed by atoms with Crippen molar-refractivity contribution in [3.63, 3.8) is 0 Å². The first kappa shape index (κ1) is 15.5. The Morgan fingerprint density at radius 3 is 2.74 bits per heavy atom. The van der Waals surface area contributed by atoms with E-state index < -0.39 is 11.8 Å². The Morgan fingerprint density at radius 1 is 1.30 bits per heavy atom. The van der Waals surface area contributed by atoms with E-state index in [2.05, 4.69) is 5.10 Å². The maximum absolute atomic E-state index is 14.1. The molecule has 2 aromatic carbocycles. The van der Waals surface area contributed by atoms with Gasteiger partial charge in [0.2, 0.25) is 0 Å². The van der Waals surface area contributed by atoms with Crippen LogP contribution in [0.25, 0.3) is 0 Å². The van der Waals surface area contributed by atoms with Crippen molar-refractivity contribution in [3.05, 3.63) is 64.9 Å². The average Bonchev–Trinajstić information content (AvgIpc) is 3.02. The molecule has 3 rings (SSSR count). The zero-order valence-electron chi connectivity index (χ0n) is 12.4. The summed E-state index contributed by atoms with van der Waals surface area (Å²) < 4.78 is 18.9. The smallest absolute Gasteiger partial charge is 0.354 e. The van der Waals surface area contributed by atoms with Gasteiger partial charge in [-0.3, -0.25) is 5.01 Å². The standard InChI is InChI=1S/C17H14ClFN2O2/c1-23-17(22)16-13(11-5-3-2-4-6-11)10-21(20-16)15-9-12(18)7-8-14(15)19/h2-9,13H,10H2,1H3. The van der Waals surface area contributed by atoms with E-state index in [-0.39, 0.29) is 17.3 Å². The number of hydrogen-bond donors (Lipinski definition) is 0. The zero-order chi connectivity index (χ0) is 16.4. The Hall–Kier alpha value is -2.40. The minimum atomic E-state index is -0.524. The van der Waals surface area contributed by atoms with Crippen LogP contribution in [0.5, 0.6) is 0 Å². The van der Waals surface area contributed by atoms with E-state index in [0.29, 0.717) is 11.6 Å². The second kappa shape index (κ2) is 6.38. The van der Waals surface area contributed by atoms with E-state index in [1.807, 2.05) is 30.3 Å². The number of hydrogen-bond acceptors (Lipinski definition) is 4. The number of anilines is 1. The molecule has 0 radical (unpaired) electrons. The van der Waals surface area contributed by atoms with Gasteiger partial charge >= 0.3 is 5.97 Å². The lowest BCUT2D eigenvalue weighted by atomic mass is 9.95. The lowest BCUT2D eigenvalue weighted by Gasteiger charge is -2.17. The molecule has 1 aliphatic heterocycles. The lowest BCUT2D eigenvalue weighted by molar-refractivity contribution is -0.132. The van der Waals surface area contributed by atoms with Crippen LogP contribution in [0.4, 0.5) is 10.1 Å². The van der Waals surface area contributed by atoms with Crippen LogP contribution < -0.4 is 5.01 Å². The number of ether oxygens (including phenoxy) is 1. The van der Waals surface area contributed by atoms with E-state index in [9.17, 15) is 9.18 Å². The number of carbonyl (C=O) groups is 1. The Bertz CT molecular complexity index is 764. The molecule has 0 saturated heterocycles. The van der Waals surface area contributed by atoms with E-state index in [1.165, 1.54) is 30.3 Å². The fourth-order valence-electron chi connectivity index (χ4n) is 2.57. The van der Waals surface area contributed by atoms with Crippen LogP contribution in [-0.4, -0.2) is 25.3 Å². The molecule has 1 heterocycles. The van der Waals surface area contributed by atoms with Crippen LogP contribution in [0.15, 0.2) is 53.6 Å². The van der Waals surface area contributed by atoms with E-state index >= 15 is 0 Å². The molecule has 6 heteroatoms. The minimum Gasteiger partial charge on any atom is -0.464 e. The van der Waals surface area contributed by atoms with Crippen LogP contribution in [0.2, 0.25) is 5.02 Å². The highest BCUT2D eigenvalue weighted by Crippen LogP contribution is 2.32. The molecular weight excluding hydrogens is 319 g/mol. The van der Waals surface area contributed by atoms with Crippen molar-refractivity contribution >= 4 is 29.0 Å². The van der Waals surface area contributed by atoms with Gasteiger partial charge in [0, 0.05) is 5.02 Å². The van der Waals surface area contributed by atoms with Crippen LogP contribution >= 0.6 is 11.6 Å². The summed E-state index contributed by atoms with van der Waals surface area (Å²) in [7, 11) is 1.30. The fraction of sp³-hybridized carbons (Fsp3) is 0.176. The molecule has 2 aromatic rings. The molecule has 0 spiro atoms. The lowest BCUT2D eigenvalue weighted by Crippen LogP contribution is -2.23. The van der Waals surface area contributed by atoms with Crippen LogP contribution in [-0.2, 0) is 9.53 Å². The van der Waals surface area contributed by atoms with Crippen molar-refractivity contribution < 1.29 is 13.9 Å². The summed E-state index contributed by atoms with van der Waals surface area (Å²) in [6, 6.07) is 13.7. The van der Waals surface area contributed by atoms with E-state index in [1.54, 1.807) is 0 Å². The van der Waals surface area contributed by atoms with E-state index in [4.69, 9.17) is 16.3 Å². The number of hydrazone groups is 1. The van der Waals surface area contributed by atoms with Gasteiger partial charge in [-0.1, -0.05) is 41.9 Å². The quantitative estimate of drug-likeness (QED) is 0.806. The summed E-state index contributed by atoms with van der Waals surface area (Å²) in [5, 5.41) is 6.12. The number of rotatable bonds is 3. The molecule has 118 valence electrons. The van der Waals surface area contributed by atoms with Crippen molar-refractivity contribution in [2.24, 2.45) is 5.10 Å². The first-order chi connectivity index (χ1) is 11.1. The van der Waals surface area contributed by atoms with Crippen molar-refractivity contribution in [2.45, 2.75) is 5.92 Å². The highest BCUT2D eigenvalue weighted by Gasteiger charge is 2.34. The molecule has 1 unspecified atom stereocenters. The second-order valence-corrected chi connectivity index (χ2v) is 5.55. The molecule has 1 atom stereocenters. The predicted octanol–water partition coefficient (Wildman–Crippen LogP) is 3.61. The molecular formula is C17H14ClFN2O2. The van der Waals surface area contributed by atoms with Gasteiger partial charge in [-0.05, 0) is 23.8 Å². The normalized spacial score (nSPS) is 17.1. The van der Waals surface area contributed by atoms with Gasteiger partial charge in [0.1, 0.15) is 5.82 Å². The van der Waals surface area contributed by atoms with Gasteiger partial charge in [-0.25, -0.2) is 9.18 Å². The first-order valence-corrected chi connectivity index (χ1v) is 7.42. The van der Waals surface area contributed by atoms with Gasteiger partial charge < -0.3 is 4.74 Å². The number of carbonyl (C=O) groups excluding carboxylic acids is 1. The van der Waals surface area contributed by atoms with Gasteiger partial charge in [0.05, 0.1) is 25.3 Å². The second-order valence-electron chi connectivity index (χ2n) is 5.12. The van der Waals surface area contributed by atoms with Gasteiger partial charge in [0.15, 0.2) is 5.71 Å². The SMILES string of the molecule is COC(=O)C1=NN(c2cc(Cl)ccc2F)CC1c1ccccc1. The summed E-state index contributed by atoms with van der Waals surface area (Å²) >= 11 is 5.94. The Morgan fingerprint density at radius 2 is 2.04 bits per heavy atom. The van der Waals surface area contributed by atoms with Crippen molar-refractivity contribution in [1.82, 2.24) is 0 Å². The Labute approximate surface area is 138 Å². The first-order valence-electron chi connectivity index (χ1n) is 7.04. The van der Waals surface area contributed by atoms with Gasteiger partial charge in [-0.2, -0.15) is 5.10 Å². The van der Waals surface area contributed by atoms with Crippen LogP contribution in [0.3, 0.4) is 0 Å². The summed E-state index contributed by atoms with van der Waals surface area (Å²) in [6.45, 7) is 0.339. The predicted molar refractivity (Wildman–Crippen MR) is 87.4 cm³/mol. The van der Waals surface area contributed by atoms with Crippen molar-refractivity contribution in [1.29, 1.82) is 0 Å². The molecule has 0 saturated carbocycles. The zero-order valence-corrected chi connectivity index (χ0v) is 13.1. The molecule has 0 bridgehead atoms. The summed E-state index contributed by atoms with van der Waals surface area (Å²) in [5.74, 6) is -1.26. The third-order valence-corrected chi connectivity index (χ3v) is 3.93. The molecule has 0 aliphatic carbocycles. The Balaban J connectivity index is 2.00. The van der Waals surface area contributed by atoms with Crippen LogP contribution in [0, 0.1) is 5.82 Å². The van der Waals surface area contributed by atoms with Gasteiger partial charge in [0.25, 0.3) is 0 Å². The maximum Gasteiger partial charge on any atom is 0.354 e. The highest BCUT2D eigenvalue weighted by atomic mass is 35.5. The summed E-state index contributed by atoms with van der Waals surface area (Å²) in [5.41, 5.74) is 1.40. The fourth-order valence-corrected chi connectivity index (χ4v) is 2.74. The number of nitrogens with zero attached hydrogens (tertiary/aromatic N) is 2. The summed E-state index contributed by atoms with van der Waals surface area (Å²) in [6.07, 6.45) is 0. The molecule has 1 aliphatic rings. The maximum atomic E-state index is 14.1. The van der Waals surface area contributed by atoms with Crippen molar-refractivity contribution in [3.8, 4) is 0 Å². The summed E-state index contributed by atoms with van der Waals surface area (Å²) in [4.78, 5) is 12.0. The number of benzene rings is 2. The topological polar surface area (TPSA) is 41.9 Å². The molecule has 23 heavy (non-hydrogen) atoms. The van der Waals surface area contributed by atoms with Crippen LogP contribution in [0.1, 0.15) is 11.5 Å².